The highest BCUT2D eigenvalue weighted by Gasteiger charge is 2.39. The molecular weight excluding hydrogens is 371 g/mol. The van der Waals surface area contributed by atoms with E-state index in [0.29, 0.717) is 12.2 Å². The minimum Gasteiger partial charge on any atom is -0.321 e. The average Bonchev–Trinajstić information content (AvgIpc) is 3.15. The summed E-state index contributed by atoms with van der Waals surface area (Å²) in [7, 11) is 1.23. The van der Waals surface area contributed by atoms with Crippen LogP contribution in [0.15, 0.2) is 42.7 Å². The lowest BCUT2D eigenvalue weighted by molar-refractivity contribution is -0.141. The third kappa shape index (κ3) is 3.72. The molecule has 1 amide bonds. The number of benzene rings is 1. The van der Waals surface area contributed by atoms with Crippen LogP contribution in [0.2, 0.25) is 5.02 Å². The first-order chi connectivity index (χ1) is 12.3. The van der Waals surface area contributed by atoms with E-state index < -0.39 is 22.8 Å². The third-order valence-corrected chi connectivity index (χ3v) is 3.92. The lowest BCUT2D eigenvalue weighted by Gasteiger charge is -2.08. The second kappa shape index (κ2) is 6.83. The first-order valence-corrected chi connectivity index (χ1v) is 7.81. The van der Waals surface area contributed by atoms with E-state index in [0.717, 1.165) is 10.2 Å². The molecule has 0 saturated heterocycles. The van der Waals surface area contributed by atoms with Crippen molar-refractivity contribution in [3.63, 3.8) is 0 Å². The van der Waals surface area contributed by atoms with Gasteiger partial charge in [-0.05, 0) is 23.8 Å². The Hall–Kier alpha value is -2.81. The Morgan fingerprint density at radius 1 is 1.31 bits per heavy atom. The zero-order chi connectivity index (χ0) is 18.9. The van der Waals surface area contributed by atoms with Gasteiger partial charge in [0.05, 0.1) is 6.54 Å². The smallest absolute Gasteiger partial charge is 0.321 e. The van der Waals surface area contributed by atoms with Crippen molar-refractivity contribution in [3.05, 3.63) is 64.7 Å². The van der Waals surface area contributed by atoms with Crippen molar-refractivity contribution in [2.24, 2.45) is 7.05 Å². The molecule has 2 aromatic heterocycles. The molecule has 0 bridgehead atoms. The standard InChI is InChI=1S/C16H13ClF3N5O/c1-24-13(12(17)14(23-24)16(18,19)20)15(26)22-11-5-2-4-10(8-11)9-25-7-3-6-21-25/h2-8H,9H2,1H3,(H,22,26). The van der Waals surface area contributed by atoms with Crippen molar-refractivity contribution in [1.29, 1.82) is 0 Å². The van der Waals surface area contributed by atoms with Gasteiger partial charge in [0, 0.05) is 25.1 Å². The van der Waals surface area contributed by atoms with Gasteiger partial charge < -0.3 is 5.32 Å². The van der Waals surface area contributed by atoms with Crippen LogP contribution >= 0.6 is 11.6 Å². The van der Waals surface area contributed by atoms with E-state index in [4.69, 9.17) is 11.6 Å². The Morgan fingerprint density at radius 3 is 2.69 bits per heavy atom. The maximum Gasteiger partial charge on any atom is 0.436 e. The van der Waals surface area contributed by atoms with Gasteiger partial charge >= 0.3 is 6.18 Å². The molecular formula is C16H13ClF3N5O. The number of amides is 1. The summed E-state index contributed by atoms with van der Waals surface area (Å²) in [6, 6.07) is 8.68. The van der Waals surface area contributed by atoms with Gasteiger partial charge in [-0.2, -0.15) is 23.4 Å². The molecule has 6 nitrogen and oxygen atoms in total. The number of halogens is 4. The van der Waals surface area contributed by atoms with Gasteiger partial charge in [-0.3, -0.25) is 14.2 Å². The number of rotatable bonds is 4. The molecule has 0 radical (unpaired) electrons. The zero-order valence-corrected chi connectivity index (χ0v) is 14.2. The van der Waals surface area contributed by atoms with Crippen LogP contribution < -0.4 is 5.32 Å². The van der Waals surface area contributed by atoms with Crippen molar-refractivity contribution in [1.82, 2.24) is 19.6 Å². The van der Waals surface area contributed by atoms with Crippen LogP contribution in [0.1, 0.15) is 21.7 Å². The van der Waals surface area contributed by atoms with E-state index in [2.05, 4.69) is 15.5 Å². The summed E-state index contributed by atoms with van der Waals surface area (Å²) in [5, 5.41) is 9.20. The number of carbonyl (C=O) groups is 1. The highest BCUT2D eigenvalue weighted by molar-refractivity contribution is 6.34. The Bertz CT molecular complexity index is 934. The van der Waals surface area contributed by atoms with Crippen molar-refractivity contribution in [2.45, 2.75) is 12.7 Å². The quantitative estimate of drug-likeness (QED) is 0.748. The van der Waals surface area contributed by atoms with Gasteiger partial charge in [-0.15, -0.1) is 0 Å². The maximum absolute atomic E-state index is 12.9. The second-order valence-corrected chi connectivity index (χ2v) is 5.87. The first-order valence-electron chi connectivity index (χ1n) is 7.43. The Balaban J connectivity index is 1.82. The molecule has 0 unspecified atom stereocenters. The molecule has 136 valence electrons. The molecule has 0 fully saturated rings. The molecule has 0 aliphatic rings. The number of aromatic nitrogens is 4. The summed E-state index contributed by atoms with van der Waals surface area (Å²) in [6.07, 6.45) is -1.30. The zero-order valence-electron chi connectivity index (χ0n) is 13.5. The van der Waals surface area contributed by atoms with Crippen molar-refractivity contribution >= 4 is 23.2 Å². The number of carbonyl (C=O) groups excluding carboxylic acids is 1. The number of nitrogens with one attached hydrogen (secondary N) is 1. The van der Waals surface area contributed by atoms with E-state index in [1.54, 1.807) is 41.3 Å². The topological polar surface area (TPSA) is 64.7 Å². The predicted octanol–water partition coefficient (Wildman–Crippen LogP) is 3.59. The van der Waals surface area contributed by atoms with Crippen LogP contribution in [0.4, 0.5) is 18.9 Å². The molecule has 0 atom stereocenters. The Labute approximate surface area is 151 Å². The summed E-state index contributed by atoms with van der Waals surface area (Å²) in [5.74, 6) is -0.781. The lowest BCUT2D eigenvalue weighted by atomic mass is 10.2. The van der Waals surface area contributed by atoms with Crippen molar-refractivity contribution in [3.8, 4) is 0 Å². The molecule has 1 N–H and O–H groups in total. The van der Waals surface area contributed by atoms with Crippen LogP contribution in [0.3, 0.4) is 0 Å². The van der Waals surface area contributed by atoms with E-state index in [1.165, 1.54) is 7.05 Å². The summed E-state index contributed by atoms with van der Waals surface area (Å²) >= 11 is 5.73. The molecule has 0 saturated carbocycles. The number of hydrogen-bond donors (Lipinski definition) is 1. The second-order valence-electron chi connectivity index (χ2n) is 5.49. The van der Waals surface area contributed by atoms with Crippen molar-refractivity contribution < 1.29 is 18.0 Å². The monoisotopic (exact) mass is 383 g/mol. The van der Waals surface area contributed by atoms with Gasteiger partial charge in [0.15, 0.2) is 5.69 Å². The number of alkyl halides is 3. The summed E-state index contributed by atoms with van der Waals surface area (Å²) in [6.45, 7) is 0.487. The normalized spacial score (nSPS) is 11.6. The number of aryl methyl sites for hydroxylation is 1. The third-order valence-electron chi connectivity index (χ3n) is 3.56. The highest BCUT2D eigenvalue weighted by Crippen LogP contribution is 2.35. The highest BCUT2D eigenvalue weighted by atomic mass is 35.5. The molecule has 3 rings (SSSR count). The molecule has 1 aromatic carbocycles. The molecule has 0 spiro atoms. The number of hydrogen-bond acceptors (Lipinski definition) is 3. The molecule has 10 heteroatoms. The Morgan fingerprint density at radius 2 is 2.08 bits per heavy atom. The molecule has 26 heavy (non-hydrogen) atoms. The summed E-state index contributed by atoms with van der Waals surface area (Å²) in [4.78, 5) is 12.4. The van der Waals surface area contributed by atoms with E-state index in [9.17, 15) is 18.0 Å². The van der Waals surface area contributed by atoms with Crippen molar-refractivity contribution in [2.75, 3.05) is 5.32 Å². The molecule has 3 aromatic rings. The van der Waals surface area contributed by atoms with E-state index >= 15 is 0 Å². The molecule has 0 aliphatic heterocycles. The number of anilines is 1. The van der Waals surface area contributed by atoms with Gasteiger partial charge in [-0.1, -0.05) is 23.7 Å². The van der Waals surface area contributed by atoms with Gasteiger partial charge in [0.25, 0.3) is 5.91 Å². The molecule has 0 aliphatic carbocycles. The largest absolute Gasteiger partial charge is 0.436 e. The van der Waals surface area contributed by atoms with E-state index in [-0.39, 0.29) is 5.69 Å². The van der Waals surface area contributed by atoms with Crippen LogP contribution in [0.25, 0.3) is 0 Å². The Kier molecular flexibility index (Phi) is 4.73. The SMILES string of the molecule is Cn1nc(C(F)(F)F)c(Cl)c1C(=O)Nc1cccc(Cn2cccn2)c1. The predicted molar refractivity (Wildman–Crippen MR) is 88.9 cm³/mol. The minimum absolute atomic E-state index is 0.364. The van der Waals surface area contributed by atoms with Crippen LogP contribution in [0, 0.1) is 0 Å². The average molecular weight is 384 g/mol. The van der Waals surface area contributed by atoms with E-state index in [1.807, 2.05) is 6.07 Å². The van der Waals surface area contributed by atoms with Gasteiger partial charge in [0.1, 0.15) is 10.7 Å². The number of nitrogens with zero attached hydrogens (tertiary/aromatic N) is 4. The lowest BCUT2D eigenvalue weighted by Crippen LogP contribution is -2.16. The molecule has 2 heterocycles. The maximum atomic E-state index is 12.9. The van der Waals surface area contributed by atoms with Crippen LogP contribution in [-0.2, 0) is 19.8 Å². The fourth-order valence-corrected chi connectivity index (χ4v) is 2.80. The fourth-order valence-electron chi connectivity index (χ4n) is 2.44. The van der Waals surface area contributed by atoms with Gasteiger partial charge in [0.2, 0.25) is 0 Å². The van der Waals surface area contributed by atoms with Crippen LogP contribution in [-0.4, -0.2) is 25.5 Å². The van der Waals surface area contributed by atoms with Crippen LogP contribution in [0.5, 0.6) is 0 Å². The summed E-state index contributed by atoms with van der Waals surface area (Å²) < 4.78 is 41.1. The summed E-state index contributed by atoms with van der Waals surface area (Å²) in [5.41, 5.74) is -0.375. The van der Waals surface area contributed by atoms with Gasteiger partial charge in [-0.25, -0.2) is 0 Å². The first kappa shape index (κ1) is 18.0. The fraction of sp³-hybridized carbons (Fsp3) is 0.188. The minimum atomic E-state index is -4.74.